The summed E-state index contributed by atoms with van der Waals surface area (Å²) in [6, 6.07) is 18.2. The van der Waals surface area contributed by atoms with Gasteiger partial charge in [-0.3, -0.25) is 4.90 Å². The molecule has 0 aliphatic carbocycles. The molecule has 0 fully saturated rings. The van der Waals surface area contributed by atoms with Gasteiger partial charge in [0.25, 0.3) is 0 Å². The maximum Gasteiger partial charge on any atom is 0.410 e. The number of amides is 1. The Morgan fingerprint density at radius 2 is 1.44 bits per heavy atom. The molecule has 0 aromatic heterocycles. The molecule has 2 rings (SSSR count). The topological polar surface area (TPSA) is 55.8 Å². The van der Waals surface area contributed by atoms with Gasteiger partial charge in [0, 0.05) is 13.5 Å². The Balaban J connectivity index is 2.10. The molecule has 1 atom stereocenters. The minimum Gasteiger partial charge on any atom is -0.458 e. The first-order valence-electron chi connectivity index (χ1n) is 8.96. The molecular formula is C22H27NO4. The number of carbonyl (C=O) groups excluding carboxylic acids is 2. The molecule has 0 aliphatic heterocycles. The highest BCUT2D eigenvalue weighted by Gasteiger charge is 2.32. The predicted octanol–water partition coefficient (Wildman–Crippen LogP) is 4.21. The second-order valence-electron chi connectivity index (χ2n) is 7.39. The number of likely N-dealkylation sites (N-methyl/N-ethyl adjacent to an activating group) is 1. The van der Waals surface area contributed by atoms with Crippen LogP contribution in [0.15, 0.2) is 60.7 Å². The van der Waals surface area contributed by atoms with E-state index in [2.05, 4.69) is 0 Å². The molecule has 1 amide bonds. The number of esters is 1. The second-order valence-corrected chi connectivity index (χ2v) is 7.39. The molecule has 0 spiro atoms. The SMILES string of the molecule is CN(C(=O)OCc1ccccc1)[C@@H](Cc1ccccc1)C(=O)OC(C)(C)C. The molecule has 2 aromatic rings. The lowest BCUT2D eigenvalue weighted by Crippen LogP contribution is -2.46. The molecule has 0 radical (unpaired) electrons. The molecule has 0 saturated carbocycles. The van der Waals surface area contributed by atoms with Crippen molar-refractivity contribution in [2.75, 3.05) is 7.05 Å². The number of rotatable bonds is 6. The largest absolute Gasteiger partial charge is 0.458 e. The normalized spacial score (nSPS) is 12.1. The van der Waals surface area contributed by atoms with Gasteiger partial charge in [0.1, 0.15) is 18.2 Å². The average molecular weight is 369 g/mol. The molecule has 0 unspecified atom stereocenters. The van der Waals surface area contributed by atoms with Gasteiger partial charge in [-0.05, 0) is 31.9 Å². The van der Waals surface area contributed by atoms with Crippen molar-refractivity contribution in [3.63, 3.8) is 0 Å². The van der Waals surface area contributed by atoms with Gasteiger partial charge in [-0.1, -0.05) is 60.7 Å². The van der Waals surface area contributed by atoms with Crippen LogP contribution in [0.5, 0.6) is 0 Å². The van der Waals surface area contributed by atoms with Crippen molar-refractivity contribution >= 4 is 12.1 Å². The smallest absolute Gasteiger partial charge is 0.410 e. The van der Waals surface area contributed by atoms with Crippen molar-refractivity contribution in [2.45, 2.75) is 45.4 Å². The van der Waals surface area contributed by atoms with Crippen LogP contribution in [0, 0.1) is 0 Å². The maximum atomic E-state index is 12.7. The summed E-state index contributed by atoms with van der Waals surface area (Å²) in [5, 5.41) is 0. The van der Waals surface area contributed by atoms with Crippen molar-refractivity contribution in [2.24, 2.45) is 0 Å². The summed E-state index contributed by atoms with van der Waals surface area (Å²) in [5.41, 5.74) is 1.19. The van der Waals surface area contributed by atoms with Gasteiger partial charge in [0.2, 0.25) is 0 Å². The zero-order chi connectivity index (χ0) is 19.9. The molecule has 0 aliphatic rings. The molecule has 144 valence electrons. The van der Waals surface area contributed by atoms with Crippen LogP contribution in [-0.2, 0) is 27.3 Å². The molecule has 0 N–H and O–H groups in total. The fourth-order valence-electron chi connectivity index (χ4n) is 2.53. The Morgan fingerprint density at radius 3 is 1.96 bits per heavy atom. The fraction of sp³-hybridized carbons (Fsp3) is 0.364. The first kappa shape index (κ1) is 20.5. The number of ether oxygens (including phenoxy) is 2. The summed E-state index contributed by atoms with van der Waals surface area (Å²) in [5.74, 6) is -0.453. The van der Waals surface area contributed by atoms with Gasteiger partial charge in [-0.25, -0.2) is 9.59 Å². The van der Waals surface area contributed by atoms with Gasteiger partial charge in [-0.2, -0.15) is 0 Å². The Labute approximate surface area is 160 Å². The van der Waals surface area contributed by atoms with E-state index in [-0.39, 0.29) is 6.61 Å². The van der Waals surface area contributed by atoms with Crippen LogP contribution in [0.1, 0.15) is 31.9 Å². The zero-order valence-electron chi connectivity index (χ0n) is 16.3. The van der Waals surface area contributed by atoms with Crippen LogP contribution in [-0.4, -0.2) is 35.7 Å². The Bertz CT molecular complexity index is 738. The fourth-order valence-corrected chi connectivity index (χ4v) is 2.53. The molecule has 0 heterocycles. The van der Waals surface area contributed by atoms with Gasteiger partial charge in [0.05, 0.1) is 0 Å². The van der Waals surface area contributed by atoms with Crippen LogP contribution >= 0.6 is 0 Å². The van der Waals surface area contributed by atoms with E-state index in [1.165, 1.54) is 4.90 Å². The van der Waals surface area contributed by atoms with Crippen molar-refractivity contribution in [1.29, 1.82) is 0 Å². The summed E-state index contributed by atoms with van der Waals surface area (Å²) in [4.78, 5) is 26.5. The maximum absolute atomic E-state index is 12.7. The Kier molecular flexibility index (Phi) is 6.99. The van der Waals surface area contributed by atoms with Gasteiger partial charge in [-0.15, -0.1) is 0 Å². The summed E-state index contributed by atoms with van der Waals surface area (Å²) in [6.45, 7) is 5.56. The lowest BCUT2D eigenvalue weighted by molar-refractivity contribution is -0.160. The molecule has 2 aromatic carbocycles. The quantitative estimate of drug-likeness (QED) is 0.716. The molecule has 0 bridgehead atoms. The van der Waals surface area contributed by atoms with E-state index in [9.17, 15) is 9.59 Å². The molecular weight excluding hydrogens is 342 g/mol. The third-order valence-corrected chi connectivity index (χ3v) is 3.91. The Morgan fingerprint density at radius 1 is 0.926 bits per heavy atom. The summed E-state index contributed by atoms with van der Waals surface area (Å²) >= 11 is 0. The number of nitrogens with zero attached hydrogens (tertiary/aromatic N) is 1. The van der Waals surface area contributed by atoms with Crippen LogP contribution in [0.25, 0.3) is 0 Å². The van der Waals surface area contributed by atoms with Crippen molar-refractivity contribution in [3.05, 3.63) is 71.8 Å². The third-order valence-electron chi connectivity index (χ3n) is 3.91. The van der Waals surface area contributed by atoms with E-state index in [4.69, 9.17) is 9.47 Å². The van der Waals surface area contributed by atoms with Crippen LogP contribution in [0.3, 0.4) is 0 Å². The number of hydrogen-bond donors (Lipinski definition) is 0. The number of hydrogen-bond acceptors (Lipinski definition) is 4. The molecule has 27 heavy (non-hydrogen) atoms. The van der Waals surface area contributed by atoms with E-state index in [1.807, 2.05) is 60.7 Å². The van der Waals surface area contributed by atoms with Crippen LogP contribution < -0.4 is 0 Å². The first-order valence-corrected chi connectivity index (χ1v) is 8.96. The van der Waals surface area contributed by atoms with E-state index >= 15 is 0 Å². The lowest BCUT2D eigenvalue weighted by Gasteiger charge is -2.29. The lowest BCUT2D eigenvalue weighted by atomic mass is 10.0. The predicted molar refractivity (Wildman–Crippen MR) is 104 cm³/mol. The molecule has 5 nitrogen and oxygen atoms in total. The molecule has 5 heteroatoms. The van der Waals surface area contributed by atoms with E-state index in [1.54, 1.807) is 27.8 Å². The minimum absolute atomic E-state index is 0.149. The van der Waals surface area contributed by atoms with Gasteiger partial charge in [0.15, 0.2) is 0 Å². The van der Waals surface area contributed by atoms with Crippen molar-refractivity contribution in [1.82, 2.24) is 4.90 Å². The van der Waals surface area contributed by atoms with Gasteiger partial charge < -0.3 is 9.47 Å². The second kappa shape index (κ2) is 9.21. The first-order chi connectivity index (χ1) is 12.8. The monoisotopic (exact) mass is 369 g/mol. The van der Waals surface area contributed by atoms with Crippen molar-refractivity contribution < 1.29 is 19.1 Å². The number of benzene rings is 2. The highest BCUT2D eigenvalue weighted by atomic mass is 16.6. The van der Waals surface area contributed by atoms with Crippen LogP contribution in [0.4, 0.5) is 4.79 Å². The van der Waals surface area contributed by atoms with E-state index in [0.29, 0.717) is 6.42 Å². The van der Waals surface area contributed by atoms with Crippen LogP contribution in [0.2, 0.25) is 0 Å². The third kappa shape index (κ3) is 6.77. The zero-order valence-corrected chi connectivity index (χ0v) is 16.3. The molecule has 0 saturated heterocycles. The summed E-state index contributed by atoms with van der Waals surface area (Å²) in [7, 11) is 1.56. The average Bonchev–Trinajstić information content (AvgIpc) is 2.64. The summed E-state index contributed by atoms with van der Waals surface area (Å²) in [6.07, 6.45) is -0.210. The standard InChI is InChI=1S/C22H27NO4/c1-22(2,3)27-20(24)19(15-17-11-7-5-8-12-17)23(4)21(25)26-16-18-13-9-6-10-14-18/h5-14,19H,15-16H2,1-4H3/t19-/m0/s1. The van der Waals surface area contributed by atoms with E-state index < -0.39 is 23.7 Å². The Hall–Kier alpha value is -2.82. The van der Waals surface area contributed by atoms with Crippen molar-refractivity contribution in [3.8, 4) is 0 Å². The summed E-state index contributed by atoms with van der Waals surface area (Å²) < 4.78 is 10.9. The van der Waals surface area contributed by atoms with Gasteiger partial charge >= 0.3 is 12.1 Å². The highest BCUT2D eigenvalue weighted by Crippen LogP contribution is 2.16. The number of carbonyl (C=O) groups is 2. The van der Waals surface area contributed by atoms with E-state index in [0.717, 1.165) is 11.1 Å². The minimum atomic E-state index is -0.769. The highest BCUT2D eigenvalue weighted by molar-refractivity contribution is 5.82.